The van der Waals surface area contributed by atoms with Crippen molar-refractivity contribution in [2.75, 3.05) is 0 Å². The van der Waals surface area contributed by atoms with Crippen LogP contribution >= 0.6 is 0 Å². The van der Waals surface area contributed by atoms with Crippen molar-refractivity contribution in [1.82, 2.24) is 0 Å². The van der Waals surface area contributed by atoms with E-state index in [1.165, 1.54) is 0 Å². The second kappa shape index (κ2) is 4.73. The fourth-order valence-corrected chi connectivity index (χ4v) is 0.618. The zero-order chi connectivity index (χ0) is 7.98. The van der Waals surface area contributed by atoms with Gasteiger partial charge in [-0.3, -0.25) is 0 Å². The average molecular weight is 141 g/mol. The fourth-order valence-electron chi connectivity index (χ4n) is 0.618. The lowest BCUT2D eigenvalue weighted by Gasteiger charge is -2.11. The molecule has 56 valence electrons. The SMILES string of the molecule is C=CC(C=C)C(C)ON=O. The van der Waals surface area contributed by atoms with Crippen molar-refractivity contribution in [1.29, 1.82) is 0 Å². The van der Waals surface area contributed by atoms with Gasteiger partial charge in [0.15, 0.2) is 5.34 Å². The monoisotopic (exact) mass is 141 g/mol. The van der Waals surface area contributed by atoms with Gasteiger partial charge < -0.3 is 4.84 Å². The van der Waals surface area contributed by atoms with Gasteiger partial charge in [-0.05, 0) is 6.92 Å². The molecule has 0 bridgehead atoms. The highest BCUT2D eigenvalue weighted by Crippen LogP contribution is 2.09. The van der Waals surface area contributed by atoms with E-state index in [1.54, 1.807) is 19.1 Å². The zero-order valence-corrected chi connectivity index (χ0v) is 5.99. The highest BCUT2D eigenvalue weighted by Gasteiger charge is 2.10. The molecule has 3 heteroatoms. The van der Waals surface area contributed by atoms with E-state index in [4.69, 9.17) is 0 Å². The molecule has 0 radical (unpaired) electrons. The Kier molecular flexibility index (Phi) is 4.20. The lowest BCUT2D eigenvalue weighted by Crippen LogP contribution is -2.13. The van der Waals surface area contributed by atoms with Crippen LogP contribution in [-0.2, 0) is 4.84 Å². The van der Waals surface area contributed by atoms with E-state index in [-0.39, 0.29) is 12.0 Å². The van der Waals surface area contributed by atoms with Crippen molar-refractivity contribution in [3.05, 3.63) is 30.2 Å². The van der Waals surface area contributed by atoms with E-state index in [2.05, 4.69) is 23.3 Å². The number of hydrogen-bond donors (Lipinski definition) is 0. The van der Waals surface area contributed by atoms with Gasteiger partial charge in [0.1, 0.15) is 6.10 Å². The van der Waals surface area contributed by atoms with Gasteiger partial charge in [0.05, 0.1) is 0 Å². The molecule has 0 aliphatic rings. The van der Waals surface area contributed by atoms with Crippen molar-refractivity contribution in [3.8, 4) is 0 Å². The molecule has 0 aliphatic heterocycles. The van der Waals surface area contributed by atoms with Gasteiger partial charge in [-0.25, -0.2) is 0 Å². The van der Waals surface area contributed by atoms with Gasteiger partial charge in [-0.15, -0.1) is 18.1 Å². The Bertz CT molecular complexity index is 126. The Morgan fingerprint density at radius 1 is 1.50 bits per heavy atom. The summed E-state index contributed by atoms with van der Waals surface area (Å²) in [7, 11) is 0. The molecule has 0 N–H and O–H groups in total. The summed E-state index contributed by atoms with van der Waals surface area (Å²) in [5, 5.41) is 2.31. The summed E-state index contributed by atoms with van der Waals surface area (Å²) in [4.78, 5) is 14.0. The Morgan fingerprint density at radius 3 is 2.30 bits per heavy atom. The van der Waals surface area contributed by atoms with Gasteiger partial charge in [0.2, 0.25) is 0 Å². The molecule has 0 heterocycles. The van der Waals surface area contributed by atoms with Crippen LogP contribution in [0.4, 0.5) is 0 Å². The van der Waals surface area contributed by atoms with Crippen LogP contribution in [0.25, 0.3) is 0 Å². The molecule has 1 unspecified atom stereocenters. The van der Waals surface area contributed by atoms with Crippen LogP contribution in [-0.4, -0.2) is 6.10 Å². The molecule has 0 aliphatic carbocycles. The minimum Gasteiger partial charge on any atom is -0.360 e. The fraction of sp³-hybridized carbons (Fsp3) is 0.429. The molecule has 0 saturated heterocycles. The summed E-state index contributed by atoms with van der Waals surface area (Å²) in [6.45, 7) is 8.81. The summed E-state index contributed by atoms with van der Waals surface area (Å²) in [6.07, 6.45) is 3.04. The van der Waals surface area contributed by atoms with Crippen LogP contribution in [0, 0.1) is 10.8 Å². The molecular weight excluding hydrogens is 130 g/mol. The lowest BCUT2D eigenvalue weighted by atomic mass is 10.1. The maximum atomic E-state index is 9.61. The van der Waals surface area contributed by atoms with Gasteiger partial charge in [-0.1, -0.05) is 12.2 Å². The summed E-state index contributed by atoms with van der Waals surface area (Å²) >= 11 is 0. The van der Waals surface area contributed by atoms with Crippen LogP contribution in [0.2, 0.25) is 0 Å². The first-order chi connectivity index (χ1) is 4.76. The number of hydrogen-bond acceptors (Lipinski definition) is 3. The third-order valence-electron chi connectivity index (χ3n) is 1.30. The van der Waals surface area contributed by atoms with E-state index in [9.17, 15) is 4.91 Å². The molecule has 0 aromatic carbocycles. The molecule has 0 aromatic rings. The third kappa shape index (κ3) is 2.44. The van der Waals surface area contributed by atoms with Crippen LogP contribution in [0.15, 0.2) is 30.7 Å². The Labute approximate surface area is 60.3 Å². The molecular formula is C7H11NO2. The first-order valence-electron chi connectivity index (χ1n) is 2.99. The summed E-state index contributed by atoms with van der Waals surface area (Å²) in [5.74, 6) is -0.0160. The van der Waals surface area contributed by atoms with Gasteiger partial charge in [0.25, 0.3) is 0 Å². The molecule has 1 atom stereocenters. The zero-order valence-electron chi connectivity index (χ0n) is 5.99. The molecule has 0 aromatic heterocycles. The van der Waals surface area contributed by atoms with Crippen molar-refractivity contribution in [3.63, 3.8) is 0 Å². The highest BCUT2D eigenvalue weighted by molar-refractivity contribution is 4.95. The molecule has 0 amide bonds. The van der Waals surface area contributed by atoms with Crippen LogP contribution in [0.5, 0.6) is 0 Å². The third-order valence-corrected chi connectivity index (χ3v) is 1.30. The standard InChI is InChI=1S/C7H11NO2/c1-4-7(5-2)6(3)10-8-9/h4-7H,1-2H2,3H3. The van der Waals surface area contributed by atoms with Crippen LogP contribution in [0.1, 0.15) is 6.92 Å². The molecule has 3 nitrogen and oxygen atoms in total. The Morgan fingerprint density at radius 2 is 2.00 bits per heavy atom. The topological polar surface area (TPSA) is 38.7 Å². The molecule has 0 rings (SSSR count). The van der Waals surface area contributed by atoms with Gasteiger partial charge in [0, 0.05) is 5.92 Å². The predicted octanol–water partition coefficient (Wildman–Crippen LogP) is 2.06. The van der Waals surface area contributed by atoms with Crippen molar-refractivity contribution < 1.29 is 4.84 Å². The smallest absolute Gasteiger partial charge is 0.155 e. The summed E-state index contributed by atoms with van der Waals surface area (Å²) < 4.78 is 0. The Balaban J connectivity index is 3.86. The van der Waals surface area contributed by atoms with E-state index >= 15 is 0 Å². The van der Waals surface area contributed by atoms with Crippen LogP contribution < -0.4 is 0 Å². The first-order valence-corrected chi connectivity index (χ1v) is 2.99. The van der Waals surface area contributed by atoms with Gasteiger partial charge in [-0.2, -0.15) is 0 Å². The highest BCUT2D eigenvalue weighted by atomic mass is 16.7. The second-order valence-electron chi connectivity index (χ2n) is 1.93. The normalized spacial score (nSPS) is 12.2. The van der Waals surface area contributed by atoms with Crippen LogP contribution in [0.3, 0.4) is 0 Å². The van der Waals surface area contributed by atoms with E-state index in [0.717, 1.165) is 0 Å². The minimum atomic E-state index is -0.271. The summed E-state index contributed by atoms with van der Waals surface area (Å²) in [5.41, 5.74) is 0. The number of rotatable bonds is 5. The quantitative estimate of drug-likeness (QED) is 0.334. The van der Waals surface area contributed by atoms with Crippen molar-refractivity contribution >= 4 is 0 Å². The molecule has 0 fully saturated rings. The molecule has 10 heavy (non-hydrogen) atoms. The van der Waals surface area contributed by atoms with E-state index < -0.39 is 0 Å². The largest absolute Gasteiger partial charge is 0.360 e. The lowest BCUT2D eigenvalue weighted by molar-refractivity contribution is 0.0519. The maximum Gasteiger partial charge on any atom is 0.155 e. The second-order valence-corrected chi connectivity index (χ2v) is 1.93. The Hall–Kier alpha value is -1.12. The van der Waals surface area contributed by atoms with Gasteiger partial charge >= 0.3 is 0 Å². The average Bonchev–Trinajstić information content (AvgIpc) is 1.91. The summed E-state index contributed by atoms with van der Waals surface area (Å²) in [6, 6.07) is 0. The molecule has 0 spiro atoms. The minimum absolute atomic E-state index is 0.0160. The van der Waals surface area contributed by atoms with E-state index in [0.29, 0.717) is 0 Å². The predicted molar refractivity (Wildman–Crippen MR) is 40.2 cm³/mol. The first kappa shape index (κ1) is 8.88. The maximum absolute atomic E-state index is 9.61. The number of nitrogens with zero attached hydrogens (tertiary/aromatic N) is 1. The molecule has 0 saturated carbocycles. The van der Waals surface area contributed by atoms with E-state index in [1.807, 2.05) is 0 Å². The van der Waals surface area contributed by atoms with Crippen molar-refractivity contribution in [2.45, 2.75) is 13.0 Å². The van der Waals surface area contributed by atoms with Crippen molar-refractivity contribution in [2.24, 2.45) is 11.3 Å².